The molecule has 2 fully saturated rings. The van der Waals surface area contributed by atoms with Crippen molar-refractivity contribution in [2.75, 3.05) is 36.4 Å². The van der Waals surface area contributed by atoms with Crippen LogP contribution >= 0.6 is 11.3 Å². The molecule has 2 aliphatic heterocycles. The van der Waals surface area contributed by atoms with Gasteiger partial charge in [0.05, 0.1) is 5.69 Å². The first-order valence-electron chi connectivity index (χ1n) is 13.3. The SMILES string of the molecule is O=C(Nc1ccccc1-c1nc2cccnc2s1)c1cc(N2CCN3CCC[C@H]3C2)nc(-c2ccccc2)n1. The van der Waals surface area contributed by atoms with Crippen molar-refractivity contribution in [2.24, 2.45) is 0 Å². The minimum absolute atomic E-state index is 0.276. The second-order valence-electron chi connectivity index (χ2n) is 9.93. The number of carbonyl (C=O) groups excluding carboxylic acids is 1. The third-order valence-corrected chi connectivity index (χ3v) is 8.47. The highest BCUT2D eigenvalue weighted by Crippen LogP contribution is 2.34. The first kappa shape index (κ1) is 23.9. The number of rotatable bonds is 5. The van der Waals surface area contributed by atoms with Crippen LogP contribution in [0.3, 0.4) is 0 Å². The minimum atomic E-state index is -0.276. The van der Waals surface area contributed by atoms with E-state index >= 15 is 0 Å². The monoisotopic (exact) mass is 533 g/mol. The predicted molar refractivity (Wildman–Crippen MR) is 155 cm³/mol. The molecule has 39 heavy (non-hydrogen) atoms. The summed E-state index contributed by atoms with van der Waals surface area (Å²) in [6, 6.07) is 23.8. The summed E-state index contributed by atoms with van der Waals surface area (Å²) in [5.41, 5.74) is 3.60. The number of piperazine rings is 1. The number of hydrogen-bond donors (Lipinski definition) is 1. The summed E-state index contributed by atoms with van der Waals surface area (Å²) in [5.74, 6) is 1.07. The molecule has 0 unspecified atom stereocenters. The van der Waals surface area contributed by atoms with E-state index in [-0.39, 0.29) is 5.91 Å². The molecular weight excluding hydrogens is 506 g/mol. The Bertz CT molecular complexity index is 1620. The predicted octanol–water partition coefficient (Wildman–Crippen LogP) is 5.35. The Morgan fingerprint density at radius 2 is 1.79 bits per heavy atom. The summed E-state index contributed by atoms with van der Waals surface area (Å²) in [7, 11) is 0. The standard InChI is InChI=1S/C30H27N7OS/c38-28(33-23-12-5-4-11-22(23)29-34-24-13-6-14-31-30(24)39-29)25-18-26(35-27(32-25)20-8-2-1-3-9-20)37-17-16-36-15-7-10-21(36)19-37/h1-6,8-9,11-14,18,21H,7,10,15-17,19H2,(H,33,38)/t21-/m0/s1. The molecule has 9 heteroatoms. The van der Waals surface area contributed by atoms with Gasteiger partial charge in [0.15, 0.2) is 5.82 Å². The van der Waals surface area contributed by atoms with Crippen molar-refractivity contribution in [3.63, 3.8) is 0 Å². The Morgan fingerprint density at radius 1 is 0.923 bits per heavy atom. The summed E-state index contributed by atoms with van der Waals surface area (Å²) in [6.45, 7) is 3.99. The van der Waals surface area contributed by atoms with Crippen LogP contribution in [0.5, 0.6) is 0 Å². The van der Waals surface area contributed by atoms with Gasteiger partial charge in [-0.3, -0.25) is 9.69 Å². The zero-order valence-corrected chi connectivity index (χ0v) is 22.1. The fourth-order valence-electron chi connectivity index (χ4n) is 5.48. The van der Waals surface area contributed by atoms with Gasteiger partial charge in [0.1, 0.15) is 26.9 Å². The largest absolute Gasteiger partial charge is 0.354 e. The molecule has 1 amide bonds. The van der Waals surface area contributed by atoms with E-state index in [0.717, 1.165) is 51.9 Å². The number of anilines is 2. The molecule has 0 bridgehead atoms. The highest BCUT2D eigenvalue weighted by Gasteiger charge is 2.31. The van der Waals surface area contributed by atoms with Gasteiger partial charge in [-0.2, -0.15) is 0 Å². The van der Waals surface area contributed by atoms with Crippen LogP contribution in [-0.4, -0.2) is 63.0 Å². The van der Waals surface area contributed by atoms with Crippen molar-refractivity contribution in [3.05, 3.63) is 84.7 Å². The molecular formula is C30H27N7OS. The van der Waals surface area contributed by atoms with Crippen LogP contribution in [0.2, 0.25) is 0 Å². The van der Waals surface area contributed by atoms with Gasteiger partial charge in [0.25, 0.3) is 5.91 Å². The van der Waals surface area contributed by atoms with Crippen molar-refractivity contribution in [3.8, 4) is 22.0 Å². The molecule has 2 aliphatic rings. The maximum Gasteiger partial charge on any atom is 0.274 e. The lowest BCUT2D eigenvalue weighted by atomic mass is 10.1. The third-order valence-electron chi connectivity index (χ3n) is 7.46. The van der Waals surface area contributed by atoms with Crippen LogP contribution in [0, 0.1) is 0 Å². The lowest BCUT2D eigenvalue weighted by Crippen LogP contribution is -2.50. The van der Waals surface area contributed by atoms with Crippen LogP contribution in [0.1, 0.15) is 23.3 Å². The number of amides is 1. The van der Waals surface area contributed by atoms with E-state index in [1.807, 2.05) is 72.8 Å². The molecule has 2 aromatic carbocycles. The number of fused-ring (bicyclic) bond motifs is 2. The van der Waals surface area contributed by atoms with Crippen molar-refractivity contribution in [1.82, 2.24) is 24.8 Å². The summed E-state index contributed by atoms with van der Waals surface area (Å²) in [6.07, 6.45) is 4.22. The molecule has 3 aromatic heterocycles. The third kappa shape index (κ3) is 4.75. The summed E-state index contributed by atoms with van der Waals surface area (Å²) < 4.78 is 0. The van der Waals surface area contributed by atoms with Crippen molar-refractivity contribution < 1.29 is 4.79 Å². The number of benzene rings is 2. The van der Waals surface area contributed by atoms with Crippen molar-refractivity contribution >= 4 is 39.1 Å². The summed E-state index contributed by atoms with van der Waals surface area (Å²) in [5, 5.41) is 3.91. The Labute approximate surface area is 230 Å². The van der Waals surface area contributed by atoms with E-state index in [1.54, 1.807) is 6.20 Å². The minimum Gasteiger partial charge on any atom is -0.354 e. The normalized spacial score (nSPS) is 17.3. The van der Waals surface area contributed by atoms with E-state index in [4.69, 9.17) is 15.0 Å². The maximum atomic E-state index is 13.7. The zero-order chi connectivity index (χ0) is 26.2. The van der Waals surface area contributed by atoms with Gasteiger partial charge >= 0.3 is 0 Å². The molecule has 2 saturated heterocycles. The second kappa shape index (κ2) is 10.2. The molecule has 7 rings (SSSR count). The lowest BCUT2D eigenvalue weighted by Gasteiger charge is -2.38. The molecule has 1 atom stereocenters. The Morgan fingerprint density at radius 3 is 2.69 bits per heavy atom. The van der Waals surface area contributed by atoms with Gasteiger partial charge in [0.2, 0.25) is 0 Å². The molecule has 0 spiro atoms. The highest BCUT2D eigenvalue weighted by molar-refractivity contribution is 7.21. The second-order valence-corrected chi connectivity index (χ2v) is 10.9. The number of carbonyl (C=O) groups is 1. The number of nitrogens with zero attached hydrogens (tertiary/aromatic N) is 6. The average molecular weight is 534 g/mol. The van der Waals surface area contributed by atoms with Gasteiger partial charge in [0, 0.05) is 49.1 Å². The van der Waals surface area contributed by atoms with Crippen molar-refractivity contribution in [1.29, 1.82) is 0 Å². The van der Waals surface area contributed by atoms with E-state index in [0.29, 0.717) is 23.2 Å². The van der Waals surface area contributed by atoms with E-state index in [1.165, 1.54) is 30.7 Å². The summed E-state index contributed by atoms with van der Waals surface area (Å²) >= 11 is 1.51. The Balaban J connectivity index is 1.23. The molecule has 5 aromatic rings. The van der Waals surface area contributed by atoms with Crippen LogP contribution < -0.4 is 10.2 Å². The summed E-state index contributed by atoms with van der Waals surface area (Å²) in [4.78, 5) is 38.3. The molecule has 194 valence electrons. The number of para-hydroxylation sites is 1. The van der Waals surface area contributed by atoms with Gasteiger partial charge in [-0.05, 0) is 43.7 Å². The van der Waals surface area contributed by atoms with E-state index in [2.05, 4.69) is 20.1 Å². The molecule has 0 radical (unpaired) electrons. The topological polar surface area (TPSA) is 87.1 Å². The quantitative estimate of drug-likeness (QED) is 0.326. The molecule has 5 heterocycles. The van der Waals surface area contributed by atoms with Gasteiger partial charge in [-0.25, -0.2) is 19.9 Å². The molecule has 0 saturated carbocycles. The first-order chi connectivity index (χ1) is 19.2. The van der Waals surface area contributed by atoms with E-state index < -0.39 is 0 Å². The fraction of sp³-hybridized carbons (Fsp3) is 0.233. The number of hydrogen-bond acceptors (Lipinski definition) is 8. The zero-order valence-electron chi connectivity index (χ0n) is 21.3. The van der Waals surface area contributed by atoms with Gasteiger partial charge < -0.3 is 10.2 Å². The number of pyridine rings is 1. The van der Waals surface area contributed by atoms with Crippen LogP contribution in [0.4, 0.5) is 11.5 Å². The van der Waals surface area contributed by atoms with Gasteiger partial charge in [-0.1, -0.05) is 53.8 Å². The lowest BCUT2D eigenvalue weighted by molar-refractivity contribution is 0.102. The number of thiazole rings is 1. The van der Waals surface area contributed by atoms with Crippen LogP contribution in [-0.2, 0) is 0 Å². The smallest absolute Gasteiger partial charge is 0.274 e. The highest BCUT2D eigenvalue weighted by atomic mass is 32.1. The first-order valence-corrected chi connectivity index (χ1v) is 14.1. The molecule has 8 nitrogen and oxygen atoms in total. The van der Waals surface area contributed by atoms with Gasteiger partial charge in [-0.15, -0.1) is 0 Å². The molecule has 0 aliphatic carbocycles. The van der Waals surface area contributed by atoms with Crippen molar-refractivity contribution in [2.45, 2.75) is 18.9 Å². The van der Waals surface area contributed by atoms with Crippen LogP contribution in [0.15, 0.2) is 79.0 Å². The Hall–Kier alpha value is -4.21. The van der Waals surface area contributed by atoms with Crippen LogP contribution in [0.25, 0.3) is 32.3 Å². The number of aromatic nitrogens is 4. The maximum absolute atomic E-state index is 13.7. The Kier molecular flexibility index (Phi) is 6.22. The number of nitrogens with one attached hydrogen (secondary N) is 1. The average Bonchev–Trinajstić information content (AvgIpc) is 3.64. The van der Waals surface area contributed by atoms with E-state index in [9.17, 15) is 4.79 Å². The molecule has 1 N–H and O–H groups in total. The fourth-order valence-corrected chi connectivity index (χ4v) is 6.43.